The lowest BCUT2D eigenvalue weighted by atomic mass is 9.68. The van der Waals surface area contributed by atoms with E-state index in [9.17, 15) is 14.1 Å². The Morgan fingerprint density at radius 1 is 1.23 bits per heavy atom. The van der Waals surface area contributed by atoms with Crippen LogP contribution in [0.3, 0.4) is 0 Å². The number of benzene rings is 2. The van der Waals surface area contributed by atoms with Crippen LogP contribution in [0.5, 0.6) is 5.75 Å². The molecule has 2 aliphatic heterocycles. The molecule has 6 atom stereocenters. The van der Waals surface area contributed by atoms with Crippen molar-refractivity contribution >= 4 is 38.8 Å². The molecule has 2 bridgehead atoms. The van der Waals surface area contributed by atoms with E-state index in [2.05, 4.69) is 27.6 Å². The van der Waals surface area contributed by atoms with E-state index in [1.54, 1.807) is 6.07 Å². The Hall–Kier alpha value is -2.48. The number of aryl methyl sites for hydroxylation is 1. The summed E-state index contributed by atoms with van der Waals surface area (Å²) in [6.07, 6.45) is 9.17. The van der Waals surface area contributed by atoms with Gasteiger partial charge in [0.1, 0.15) is 5.75 Å². The quantitative estimate of drug-likeness (QED) is 0.331. The Balaban J connectivity index is 1.42. The number of fused-ring (bicyclic) bond motifs is 4. The summed E-state index contributed by atoms with van der Waals surface area (Å²) in [6.45, 7) is 4.05. The molecule has 214 valence electrons. The van der Waals surface area contributed by atoms with Crippen molar-refractivity contribution in [3.8, 4) is 5.75 Å². The maximum Gasteiger partial charge on any atom is 0.262 e. The van der Waals surface area contributed by atoms with Crippen LogP contribution in [0.1, 0.15) is 60.5 Å². The van der Waals surface area contributed by atoms with E-state index in [-0.39, 0.29) is 28.9 Å². The molecule has 0 radical (unpaired) electrons. The number of allylic oxidation sites excluding steroid dienone is 1. The molecule has 6 nitrogen and oxygen atoms in total. The first-order valence-electron chi connectivity index (χ1n) is 14.4. The lowest BCUT2D eigenvalue weighted by Gasteiger charge is -2.45. The highest BCUT2D eigenvalue weighted by Gasteiger charge is 2.44. The van der Waals surface area contributed by atoms with E-state index in [0.29, 0.717) is 24.5 Å². The van der Waals surface area contributed by atoms with Gasteiger partial charge in [-0.15, -0.1) is 0 Å². The third-order valence-electron chi connectivity index (χ3n) is 9.37. The molecule has 1 unspecified atom stereocenters. The van der Waals surface area contributed by atoms with Crippen molar-refractivity contribution in [1.82, 2.24) is 4.72 Å². The van der Waals surface area contributed by atoms with E-state index >= 15 is 0 Å². The molecule has 1 saturated carbocycles. The van der Waals surface area contributed by atoms with Gasteiger partial charge in [-0.1, -0.05) is 36.7 Å². The Morgan fingerprint density at radius 2 is 2.08 bits per heavy atom. The van der Waals surface area contributed by atoms with Crippen LogP contribution in [-0.4, -0.2) is 52.6 Å². The van der Waals surface area contributed by atoms with Gasteiger partial charge < -0.3 is 14.7 Å². The highest BCUT2D eigenvalue weighted by molar-refractivity contribution is 7.99. The fourth-order valence-corrected chi connectivity index (χ4v) is 8.99. The minimum atomic E-state index is -2.83. The number of anilines is 1. The summed E-state index contributed by atoms with van der Waals surface area (Å²) >= 11 is 6.39. The molecular formula is C32H39ClN2O4S. The number of rotatable bonds is 0. The monoisotopic (exact) mass is 582 g/mol. The fourth-order valence-electron chi connectivity index (χ4n) is 7.20. The maximum atomic E-state index is 13.3. The molecule has 1 spiro atoms. The molecule has 1 amide bonds. The zero-order chi connectivity index (χ0) is 28.1. The summed E-state index contributed by atoms with van der Waals surface area (Å²) in [5, 5.41) is 11.8. The molecule has 2 aromatic carbocycles. The normalized spacial score (nSPS) is 34.9. The number of nitrogens with one attached hydrogen (secondary N) is 1. The summed E-state index contributed by atoms with van der Waals surface area (Å²) in [7, 11) is -2.83. The van der Waals surface area contributed by atoms with Gasteiger partial charge in [0, 0.05) is 44.6 Å². The molecule has 2 N–H and O–H groups in total. The maximum absolute atomic E-state index is 13.3. The molecule has 0 saturated heterocycles. The summed E-state index contributed by atoms with van der Waals surface area (Å²) in [5.74, 6) is 5.07. The average molecular weight is 583 g/mol. The molecule has 8 heteroatoms. The van der Waals surface area contributed by atoms with Crippen LogP contribution in [0.15, 0.2) is 48.6 Å². The van der Waals surface area contributed by atoms with E-state index in [0.717, 1.165) is 61.7 Å². The molecule has 2 aromatic rings. The van der Waals surface area contributed by atoms with Gasteiger partial charge in [-0.25, -0.2) is 4.21 Å². The van der Waals surface area contributed by atoms with Crippen LogP contribution in [0, 0.1) is 17.8 Å². The van der Waals surface area contributed by atoms with E-state index in [4.69, 9.17) is 16.3 Å². The van der Waals surface area contributed by atoms with Crippen molar-refractivity contribution < 1.29 is 18.8 Å². The molecule has 2 heterocycles. The minimum Gasteiger partial charge on any atom is -0.490 e. The van der Waals surface area contributed by atoms with Gasteiger partial charge >= 0.3 is 0 Å². The first-order valence-corrected chi connectivity index (χ1v) is 16.7. The van der Waals surface area contributed by atoms with Crippen molar-refractivity contribution in [2.24, 2.45) is 17.8 Å². The molecule has 40 heavy (non-hydrogen) atoms. The first kappa shape index (κ1) is 27.7. The summed E-state index contributed by atoms with van der Waals surface area (Å²) in [6, 6.07) is 11.7. The van der Waals surface area contributed by atoms with Crippen LogP contribution in [0.25, 0.3) is 0 Å². The molecular weight excluding hydrogens is 544 g/mol. The van der Waals surface area contributed by atoms with Crippen molar-refractivity contribution in [2.75, 3.05) is 30.3 Å². The van der Waals surface area contributed by atoms with Gasteiger partial charge in [0.2, 0.25) is 0 Å². The van der Waals surface area contributed by atoms with Gasteiger partial charge in [0.15, 0.2) is 0 Å². The number of carbonyl (C=O) groups excluding carboxylic acids is 1. The SMILES string of the molecule is C=S1(=O)C[C@H](C)C/C=C/[C@@H](O)[C@@H]2CC[C@H]2CN2C[C@@]3(CCCc4cc(Cl)ccc43)COc3ccc(cc32)C(=O)N1. The number of ether oxygens (including phenoxy) is 1. The van der Waals surface area contributed by atoms with Crippen LogP contribution in [-0.2, 0) is 21.5 Å². The van der Waals surface area contributed by atoms with Gasteiger partial charge in [-0.2, -0.15) is 0 Å². The van der Waals surface area contributed by atoms with Gasteiger partial charge in [-0.3, -0.25) is 9.52 Å². The molecule has 4 aliphatic rings. The standard InChI is InChI=1S/C32H39ClN2O4S/c1-21-5-3-7-29(36)26-11-8-24(26)17-35-19-32(14-4-6-22-15-25(33)10-12-27(22)32)20-39-30-13-9-23(16-28(30)35)31(37)34-40(2,38)18-21/h3,7,9-10,12-13,15-16,21,24,26,29,36H,2,4-6,8,11,14,17-20H2,1H3,(H,34,37,38)/b7-3+/t21-,24+,26-,29-,32+,40?/m1/s1. The van der Waals surface area contributed by atoms with Crippen molar-refractivity contribution in [3.05, 3.63) is 70.3 Å². The lowest BCUT2D eigenvalue weighted by Crippen LogP contribution is -2.49. The predicted octanol–water partition coefficient (Wildman–Crippen LogP) is 5.16. The number of hydrogen-bond donors (Lipinski definition) is 2. The number of halogens is 1. The van der Waals surface area contributed by atoms with Crippen LogP contribution >= 0.6 is 11.6 Å². The second-order valence-electron chi connectivity index (χ2n) is 12.5. The first-order chi connectivity index (χ1) is 19.1. The van der Waals surface area contributed by atoms with Gasteiger partial charge in [0.25, 0.3) is 5.91 Å². The number of carbonyl (C=O) groups is 1. The van der Waals surface area contributed by atoms with Gasteiger partial charge in [-0.05, 0) is 104 Å². The number of aliphatic hydroxyl groups excluding tert-OH is 1. The van der Waals surface area contributed by atoms with E-state index in [1.807, 2.05) is 37.3 Å². The van der Waals surface area contributed by atoms with E-state index in [1.165, 1.54) is 11.1 Å². The summed E-state index contributed by atoms with van der Waals surface area (Å²) in [5.41, 5.74) is 3.68. The topological polar surface area (TPSA) is 78.9 Å². The van der Waals surface area contributed by atoms with Crippen molar-refractivity contribution in [1.29, 1.82) is 0 Å². The molecule has 6 rings (SSSR count). The van der Waals surface area contributed by atoms with Crippen LogP contribution in [0.2, 0.25) is 5.02 Å². The second-order valence-corrected chi connectivity index (χ2v) is 15.1. The summed E-state index contributed by atoms with van der Waals surface area (Å²) < 4.78 is 22.5. The average Bonchev–Trinajstić information content (AvgIpc) is 3.02. The highest BCUT2D eigenvalue weighted by Crippen LogP contribution is 2.46. The zero-order valence-corrected chi connectivity index (χ0v) is 24.7. The Morgan fingerprint density at radius 3 is 2.88 bits per heavy atom. The van der Waals surface area contributed by atoms with Crippen LogP contribution < -0.4 is 14.4 Å². The minimum absolute atomic E-state index is 0.0548. The van der Waals surface area contributed by atoms with Gasteiger partial charge in [0.05, 0.1) is 18.4 Å². The second kappa shape index (κ2) is 10.7. The third kappa shape index (κ3) is 5.40. The van der Waals surface area contributed by atoms with Crippen molar-refractivity contribution in [2.45, 2.75) is 57.0 Å². The smallest absolute Gasteiger partial charge is 0.262 e. The number of hydrogen-bond acceptors (Lipinski definition) is 5. The van der Waals surface area contributed by atoms with E-state index < -0.39 is 15.8 Å². The number of nitrogens with zero attached hydrogens (tertiary/aromatic N) is 1. The molecule has 2 aliphatic carbocycles. The predicted molar refractivity (Wildman–Crippen MR) is 163 cm³/mol. The Bertz CT molecular complexity index is 1440. The number of aliphatic hydroxyl groups is 1. The van der Waals surface area contributed by atoms with Crippen molar-refractivity contribution in [3.63, 3.8) is 0 Å². The molecule has 1 fully saturated rings. The van der Waals surface area contributed by atoms with Crippen LogP contribution in [0.4, 0.5) is 5.69 Å². The Labute approximate surface area is 242 Å². The third-order valence-corrected chi connectivity index (χ3v) is 11.3. The summed E-state index contributed by atoms with van der Waals surface area (Å²) in [4.78, 5) is 15.7. The Kier molecular flexibility index (Phi) is 7.43. The highest BCUT2D eigenvalue weighted by atomic mass is 35.5. The largest absolute Gasteiger partial charge is 0.490 e. The molecule has 0 aromatic heterocycles. The lowest BCUT2D eigenvalue weighted by molar-refractivity contribution is 0.0456. The fraction of sp³-hybridized carbons (Fsp3) is 0.500. The zero-order valence-electron chi connectivity index (χ0n) is 23.1. The number of amides is 1.